The van der Waals surface area contributed by atoms with Gasteiger partial charge in [-0.25, -0.2) is 18.0 Å². The third-order valence-electron chi connectivity index (χ3n) is 1.82. The predicted molar refractivity (Wildman–Crippen MR) is 52.0 cm³/mol. The maximum absolute atomic E-state index is 13.5. The summed E-state index contributed by atoms with van der Waals surface area (Å²) < 4.78 is 39.7. The lowest BCUT2D eigenvalue weighted by molar-refractivity contribution is 0.0691. The summed E-state index contributed by atoms with van der Waals surface area (Å²) in [5.41, 5.74) is -1.66. The van der Waals surface area contributed by atoms with E-state index >= 15 is 0 Å². The number of carboxylic acid groups (broad SMARTS) is 1. The molecule has 0 amide bonds. The molecule has 0 aliphatic rings. The molecule has 0 bridgehead atoms. The van der Waals surface area contributed by atoms with Crippen molar-refractivity contribution in [2.45, 2.75) is 19.9 Å². The largest absolute Gasteiger partial charge is 0.478 e. The van der Waals surface area contributed by atoms with Crippen LogP contribution in [-0.4, -0.2) is 17.1 Å². The van der Waals surface area contributed by atoms with Gasteiger partial charge in [-0.05, 0) is 19.9 Å². The first-order valence-corrected chi connectivity index (χ1v) is 4.52. The summed E-state index contributed by atoms with van der Waals surface area (Å²) in [6.07, 6.45) is 0. The Morgan fingerprint density at radius 2 is 1.88 bits per heavy atom. The number of rotatable bonds is 3. The van der Waals surface area contributed by atoms with Crippen molar-refractivity contribution in [3.63, 3.8) is 0 Å². The van der Waals surface area contributed by atoms with Crippen LogP contribution in [0.1, 0.15) is 24.2 Å². The van der Waals surface area contributed by atoms with Crippen molar-refractivity contribution in [3.05, 3.63) is 29.1 Å². The standard InChI is InChI=1S/C10H10F3NO2/c1-4(2)14-9-7(12)5(10(15)16)3-6(11)8(9)13/h3-4,14H,1-2H3,(H,15,16). The summed E-state index contributed by atoms with van der Waals surface area (Å²) in [5, 5.41) is 10.9. The lowest BCUT2D eigenvalue weighted by atomic mass is 10.1. The summed E-state index contributed by atoms with van der Waals surface area (Å²) in [5.74, 6) is -5.78. The van der Waals surface area contributed by atoms with Crippen molar-refractivity contribution in [1.29, 1.82) is 0 Å². The molecule has 0 radical (unpaired) electrons. The number of halogens is 3. The highest BCUT2D eigenvalue weighted by Gasteiger charge is 2.22. The van der Waals surface area contributed by atoms with E-state index in [9.17, 15) is 18.0 Å². The lowest BCUT2D eigenvalue weighted by Gasteiger charge is -2.13. The molecule has 0 aliphatic heterocycles. The normalized spacial score (nSPS) is 10.6. The predicted octanol–water partition coefficient (Wildman–Crippen LogP) is 2.62. The number of hydrogen-bond acceptors (Lipinski definition) is 2. The number of aromatic carboxylic acids is 1. The fourth-order valence-electron chi connectivity index (χ4n) is 1.17. The van der Waals surface area contributed by atoms with Gasteiger partial charge in [0, 0.05) is 6.04 Å². The number of carbonyl (C=O) groups is 1. The SMILES string of the molecule is CC(C)Nc1c(F)c(F)cc(C(=O)O)c1F. The summed E-state index contributed by atoms with van der Waals surface area (Å²) >= 11 is 0. The van der Waals surface area contributed by atoms with E-state index in [2.05, 4.69) is 5.32 Å². The lowest BCUT2D eigenvalue weighted by Crippen LogP contribution is -2.16. The molecule has 0 atom stereocenters. The van der Waals surface area contributed by atoms with Gasteiger partial charge in [0.15, 0.2) is 17.5 Å². The topological polar surface area (TPSA) is 49.3 Å². The van der Waals surface area contributed by atoms with Gasteiger partial charge in [-0.15, -0.1) is 0 Å². The van der Waals surface area contributed by atoms with E-state index < -0.39 is 34.7 Å². The molecule has 2 N–H and O–H groups in total. The van der Waals surface area contributed by atoms with Crippen LogP contribution >= 0.6 is 0 Å². The average Bonchev–Trinajstić information content (AvgIpc) is 2.17. The summed E-state index contributed by atoms with van der Waals surface area (Å²) in [6, 6.07) is -0.0363. The molecule has 0 heterocycles. The second-order valence-corrected chi connectivity index (χ2v) is 3.51. The number of anilines is 1. The Morgan fingerprint density at radius 1 is 1.31 bits per heavy atom. The minimum absolute atomic E-state index is 0.318. The molecule has 88 valence electrons. The minimum Gasteiger partial charge on any atom is -0.478 e. The first-order chi connectivity index (χ1) is 7.34. The van der Waals surface area contributed by atoms with E-state index in [1.807, 2.05) is 0 Å². The molecule has 16 heavy (non-hydrogen) atoms. The molecule has 0 unspecified atom stereocenters. The Balaban J connectivity index is 3.39. The number of hydrogen-bond donors (Lipinski definition) is 2. The molecule has 1 aromatic rings. The average molecular weight is 233 g/mol. The molecule has 0 aromatic heterocycles. The van der Waals surface area contributed by atoms with Gasteiger partial charge in [0.1, 0.15) is 11.3 Å². The van der Waals surface area contributed by atoms with Crippen LogP contribution in [-0.2, 0) is 0 Å². The van der Waals surface area contributed by atoms with Crippen molar-refractivity contribution in [2.75, 3.05) is 5.32 Å². The Labute approximate surface area is 89.9 Å². The van der Waals surface area contributed by atoms with E-state index in [1.165, 1.54) is 0 Å². The van der Waals surface area contributed by atoms with Gasteiger partial charge in [-0.3, -0.25) is 0 Å². The minimum atomic E-state index is -1.65. The van der Waals surface area contributed by atoms with Crippen LogP contribution in [0, 0.1) is 17.5 Å². The highest BCUT2D eigenvalue weighted by atomic mass is 19.2. The summed E-state index contributed by atoms with van der Waals surface area (Å²) in [6.45, 7) is 3.18. The zero-order valence-corrected chi connectivity index (χ0v) is 8.64. The molecule has 0 spiro atoms. The first kappa shape index (κ1) is 12.4. The zero-order valence-electron chi connectivity index (χ0n) is 8.64. The zero-order chi connectivity index (χ0) is 12.5. The highest BCUT2D eigenvalue weighted by Crippen LogP contribution is 2.25. The summed E-state index contributed by atoms with van der Waals surface area (Å²) in [7, 11) is 0. The number of benzene rings is 1. The van der Waals surface area contributed by atoms with Gasteiger partial charge >= 0.3 is 5.97 Å². The van der Waals surface area contributed by atoms with Crippen molar-refractivity contribution in [1.82, 2.24) is 0 Å². The molecule has 0 aliphatic carbocycles. The molecular weight excluding hydrogens is 223 g/mol. The Kier molecular flexibility index (Phi) is 3.41. The van der Waals surface area contributed by atoms with Crippen LogP contribution in [0.25, 0.3) is 0 Å². The van der Waals surface area contributed by atoms with Crippen LogP contribution in [0.2, 0.25) is 0 Å². The van der Waals surface area contributed by atoms with Crippen LogP contribution in [0.15, 0.2) is 6.07 Å². The van der Waals surface area contributed by atoms with E-state index in [0.717, 1.165) is 0 Å². The second-order valence-electron chi connectivity index (χ2n) is 3.51. The molecule has 0 fully saturated rings. The molecule has 3 nitrogen and oxygen atoms in total. The third-order valence-corrected chi connectivity index (χ3v) is 1.82. The van der Waals surface area contributed by atoms with Crippen LogP contribution in [0.5, 0.6) is 0 Å². The van der Waals surface area contributed by atoms with Crippen molar-refractivity contribution >= 4 is 11.7 Å². The third kappa shape index (κ3) is 2.26. The summed E-state index contributed by atoms with van der Waals surface area (Å²) in [4.78, 5) is 10.6. The van der Waals surface area contributed by atoms with E-state index in [0.29, 0.717) is 6.07 Å². The van der Waals surface area contributed by atoms with Gasteiger partial charge in [0.05, 0.1) is 0 Å². The van der Waals surface area contributed by atoms with Gasteiger partial charge < -0.3 is 10.4 Å². The quantitative estimate of drug-likeness (QED) is 0.789. The molecule has 0 saturated heterocycles. The van der Waals surface area contributed by atoms with Gasteiger partial charge in [0.25, 0.3) is 0 Å². The van der Waals surface area contributed by atoms with Crippen LogP contribution < -0.4 is 5.32 Å². The Bertz CT molecular complexity index is 433. The fourth-order valence-corrected chi connectivity index (χ4v) is 1.17. The molecule has 1 rings (SSSR count). The van der Waals surface area contributed by atoms with Crippen molar-refractivity contribution < 1.29 is 23.1 Å². The number of carboxylic acids is 1. The maximum atomic E-state index is 13.5. The maximum Gasteiger partial charge on any atom is 0.338 e. The monoisotopic (exact) mass is 233 g/mol. The second kappa shape index (κ2) is 4.42. The van der Waals surface area contributed by atoms with E-state index in [1.54, 1.807) is 13.8 Å². The van der Waals surface area contributed by atoms with Gasteiger partial charge in [-0.1, -0.05) is 0 Å². The smallest absolute Gasteiger partial charge is 0.338 e. The van der Waals surface area contributed by atoms with Crippen LogP contribution in [0.4, 0.5) is 18.9 Å². The molecule has 1 aromatic carbocycles. The Morgan fingerprint density at radius 3 is 2.31 bits per heavy atom. The van der Waals surface area contributed by atoms with E-state index in [4.69, 9.17) is 5.11 Å². The fraction of sp³-hybridized carbons (Fsp3) is 0.300. The van der Waals surface area contributed by atoms with Gasteiger partial charge in [-0.2, -0.15) is 0 Å². The first-order valence-electron chi connectivity index (χ1n) is 4.52. The molecular formula is C10H10F3NO2. The molecule has 0 saturated carbocycles. The van der Waals surface area contributed by atoms with Gasteiger partial charge in [0.2, 0.25) is 0 Å². The van der Waals surface area contributed by atoms with Crippen molar-refractivity contribution in [2.24, 2.45) is 0 Å². The molecule has 6 heteroatoms. The van der Waals surface area contributed by atoms with Crippen molar-refractivity contribution in [3.8, 4) is 0 Å². The Hall–Kier alpha value is -1.72. The van der Waals surface area contributed by atoms with E-state index in [-0.39, 0.29) is 6.04 Å². The van der Waals surface area contributed by atoms with Crippen LogP contribution in [0.3, 0.4) is 0 Å². The number of nitrogens with one attached hydrogen (secondary N) is 1. The highest BCUT2D eigenvalue weighted by molar-refractivity contribution is 5.89.